The summed E-state index contributed by atoms with van der Waals surface area (Å²) in [4.78, 5) is 30.6. The second-order valence-electron chi connectivity index (χ2n) is 16.8. The predicted molar refractivity (Wildman–Crippen MR) is 159 cm³/mol. The zero-order valence-corrected chi connectivity index (χ0v) is 27.1. The number of hydrogen-bond donors (Lipinski definition) is 0. The van der Waals surface area contributed by atoms with Gasteiger partial charge in [-0.25, -0.2) is 19.6 Å². The molecule has 0 amide bonds. The second kappa shape index (κ2) is 9.72. The number of aliphatic imine (C=N–C) groups is 1. The van der Waals surface area contributed by atoms with Crippen molar-refractivity contribution in [3.8, 4) is 0 Å². The maximum atomic E-state index is 7.24. The summed E-state index contributed by atoms with van der Waals surface area (Å²) < 4.78 is 14.5. The van der Waals surface area contributed by atoms with Crippen molar-refractivity contribution in [3.05, 3.63) is 0 Å². The van der Waals surface area contributed by atoms with Crippen LogP contribution in [-0.2, 0) is 29.0 Å². The molecular formula is C35H55NO6. The summed E-state index contributed by atoms with van der Waals surface area (Å²) in [6.07, 6.45) is 12.2. The molecule has 10 rings (SSSR count). The molecule has 7 nitrogen and oxygen atoms in total. The fraction of sp³-hybridized carbons (Fsp3) is 0.971. The van der Waals surface area contributed by atoms with Crippen molar-refractivity contribution < 1.29 is 29.0 Å². The highest BCUT2D eigenvalue weighted by Gasteiger charge is 2.70. The molecule has 6 saturated heterocycles. The van der Waals surface area contributed by atoms with Crippen LogP contribution in [0.1, 0.15) is 112 Å². The van der Waals surface area contributed by atoms with Crippen LogP contribution in [0.3, 0.4) is 0 Å². The van der Waals surface area contributed by atoms with Crippen molar-refractivity contribution in [2.75, 3.05) is 7.05 Å². The van der Waals surface area contributed by atoms with E-state index in [2.05, 4.69) is 41.5 Å². The van der Waals surface area contributed by atoms with E-state index in [1.165, 1.54) is 44.2 Å². The van der Waals surface area contributed by atoms with Crippen molar-refractivity contribution in [2.24, 2.45) is 52.3 Å². The van der Waals surface area contributed by atoms with Crippen LogP contribution in [0.5, 0.6) is 0 Å². The number of nitrogens with zero attached hydrogens (tertiary/aromatic N) is 1. The van der Waals surface area contributed by atoms with Crippen molar-refractivity contribution >= 4 is 5.71 Å². The van der Waals surface area contributed by atoms with Gasteiger partial charge in [-0.2, -0.15) is 0 Å². The van der Waals surface area contributed by atoms with E-state index in [1.807, 2.05) is 7.05 Å². The van der Waals surface area contributed by atoms with Gasteiger partial charge in [-0.15, -0.1) is 0 Å². The molecule has 6 aliphatic heterocycles. The summed E-state index contributed by atoms with van der Waals surface area (Å²) in [6.45, 7) is 14.1. The Hall–Kier alpha value is -0.570. The molecule has 4 aliphatic carbocycles. The third-order valence-corrected chi connectivity index (χ3v) is 14.6. The van der Waals surface area contributed by atoms with Crippen molar-refractivity contribution in [2.45, 2.75) is 159 Å². The van der Waals surface area contributed by atoms with Gasteiger partial charge in [0.15, 0.2) is 0 Å². The summed E-state index contributed by atoms with van der Waals surface area (Å²) in [7, 11) is 1.97. The molecule has 10 aliphatic rings. The summed E-state index contributed by atoms with van der Waals surface area (Å²) in [5, 5.41) is 0. The van der Waals surface area contributed by atoms with Crippen molar-refractivity contribution in [1.82, 2.24) is 0 Å². The summed E-state index contributed by atoms with van der Waals surface area (Å²) in [5.41, 5.74) is 0.00508. The van der Waals surface area contributed by atoms with Crippen LogP contribution in [0, 0.1) is 47.3 Å². The summed E-state index contributed by atoms with van der Waals surface area (Å²) >= 11 is 0. The minimum atomic E-state index is -0.330. The first-order valence-corrected chi connectivity index (χ1v) is 17.5. The maximum Gasteiger partial charge on any atom is 0.136 e. The van der Waals surface area contributed by atoms with E-state index in [0.717, 1.165) is 32.1 Å². The molecule has 0 N–H and O–H groups in total. The normalized spacial score (nSPS) is 60.3. The molecule has 2 spiro atoms. The molecular weight excluding hydrogens is 530 g/mol. The predicted octanol–water partition coefficient (Wildman–Crippen LogP) is 6.87. The molecule has 0 radical (unpaired) electrons. The molecule has 10 fully saturated rings. The Labute approximate surface area is 253 Å². The Kier molecular flexibility index (Phi) is 6.68. The average Bonchev–Trinajstić information content (AvgIpc) is 3.34. The molecule has 0 aromatic rings. The molecule has 0 aromatic carbocycles. The maximum absolute atomic E-state index is 7.24. The van der Waals surface area contributed by atoms with Crippen LogP contribution in [-0.4, -0.2) is 59.6 Å². The molecule has 16 atom stereocenters. The standard InChI is InChI=1S/C35H55NO6/c1-19-8-10-25-21(3)28(37-29-17-32(5)14-12-23(19)34(25,29)41-39-32)16-27(36-7)31-22(4)26-11-9-20(2)24-13-15-33(6)18-30(38-31)35(24,26)42-40-33/h19-26,28-31H,8-18H2,1-7H3/t19-,20-,21-,22-,23+,24+,25+,26+,28-,29-,30-,31+,32+,33+,34-,35-/m1/s1. The van der Waals surface area contributed by atoms with E-state index in [9.17, 15) is 0 Å². The van der Waals surface area contributed by atoms with E-state index in [0.29, 0.717) is 47.3 Å². The SMILES string of the molecule is CN=C(C[C@H]1O[C@@H]2C[C@]3(C)CC[C@H]4[C@H](C)CC[C@@H]([C@H]1C)[C@@]24OO3)[C@H]1O[C@@H]2C[C@]3(C)CC[C@H]4[C@H](C)CC[C@@H]([C@H]1C)[C@@]24OO3. The van der Waals surface area contributed by atoms with Crippen LogP contribution in [0.15, 0.2) is 4.99 Å². The Morgan fingerprint density at radius 3 is 1.71 bits per heavy atom. The molecule has 236 valence electrons. The third-order valence-electron chi connectivity index (χ3n) is 14.6. The number of rotatable bonds is 3. The minimum Gasteiger partial charge on any atom is -0.371 e. The van der Waals surface area contributed by atoms with Gasteiger partial charge in [0.2, 0.25) is 0 Å². The van der Waals surface area contributed by atoms with E-state index in [1.54, 1.807) is 0 Å². The fourth-order valence-electron chi connectivity index (χ4n) is 12.2. The first-order valence-electron chi connectivity index (χ1n) is 17.5. The highest BCUT2D eigenvalue weighted by Crippen LogP contribution is 2.63. The van der Waals surface area contributed by atoms with E-state index < -0.39 is 0 Å². The van der Waals surface area contributed by atoms with Crippen LogP contribution in [0.25, 0.3) is 0 Å². The molecule has 7 heteroatoms. The monoisotopic (exact) mass is 585 g/mol. The lowest BCUT2D eigenvalue weighted by Gasteiger charge is -2.62. The van der Waals surface area contributed by atoms with E-state index in [-0.39, 0.29) is 46.8 Å². The van der Waals surface area contributed by atoms with Gasteiger partial charge < -0.3 is 9.47 Å². The van der Waals surface area contributed by atoms with Crippen LogP contribution >= 0.6 is 0 Å². The van der Waals surface area contributed by atoms with E-state index in [4.69, 9.17) is 34.0 Å². The smallest absolute Gasteiger partial charge is 0.136 e. The third kappa shape index (κ3) is 3.82. The van der Waals surface area contributed by atoms with Crippen LogP contribution in [0.4, 0.5) is 0 Å². The van der Waals surface area contributed by atoms with Gasteiger partial charge in [0.25, 0.3) is 0 Å². The van der Waals surface area contributed by atoms with Gasteiger partial charge in [0, 0.05) is 32.0 Å². The quantitative estimate of drug-likeness (QED) is 0.266. The molecule has 6 heterocycles. The topological polar surface area (TPSA) is 67.7 Å². The van der Waals surface area contributed by atoms with Crippen LogP contribution in [0.2, 0.25) is 0 Å². The molecule has 4 saturated carbocycles. The molecule has 0 aromatic heterocycles. The van der Waals surface area contributed by atoms with Crippen LogP contribution < -0.4 is 0 Å². The van der Waals surface area contributed by atoms with Gasteiger partial charge in [0.1, 0.15) is 22.4 Å². The van der Waals surface area contributed by atoms with Gasteiger partial charge in [0.05, 0.1) is 24.4 Å². The molecule has 4 bridgehead atoms. The highest BCUT2D eigenvalue weighted by atomic mass is 17.2. The fourth-order valence-corrected chi connectivity index (χ4v) is 12.2. The van der Waals surface area contributed by atoms with Gasteiger partial charge in [-0.3, -0.25) is 4.99 Å². The Balaban J connectivity index is 1.08. The molecule has 42 heavy (non-hydrogen) atoms. The van der Waals surface area contributed by atoms with Crippen molar-refractivity contribution in [1.29, 1.82) is 0 Å². The lowest BCUT2D eigenvalue weighted by molar-refractivity contribution is -0.487. The summed E-state index contributed by atoms with van der Waals surface area (Å²) in [6, 6.07) is 0. The van der Waals surface area contributed by atoms with Gasteiger partial charge >= 0.3 is 0 Å². The number of hydrogen-bond acceptors (Lipinski definition) is 7. The first-order chi connectivity index (χ1) is 20.0. The first kappa shape index (κ1) is 28.9. The number of fused-ring (bicyclic) bond motifs is 4. The van der Waals surface area contributed by atoms with E-state index >= 15 is 0 Å². The number of ether oxygens (including phenoxy) is 2. The lowest BCUT2D eigenvalue weighted by atomic mass is 9.55. The molecule has 0 unspecified atom stereocenters. The highest BCUT2D eigenvalue weighted by molar-refractivity contribution is 5.89. The van der Waals surface area contributed by atoms with Gasteiger partial charge in [-0.05, 0) is 113 Å². The lowest BCUT2D eigenvalue weighted by Crippen LogP contribution is -2.70. The zero-order valence-electron chi connectivity index (χ0n) is 27.1. The Morgan fingerprint density at radius 2 is 1.17 bits per heavy atom. The average molecular weight is 586 g/mol. The van der Waals surface area contributed by atoms with Crippen molar-refractivity contribution in [3.63, 3.8) is 0 Å². The Bertz CT molecular complexity index is 1120. The zero-order chi connectivity index (χ0) is 29.2. The van der Waals surface area contributed by atoms with Gasteiger partial charge in [-0.1, -0.05) is 27.7 Å². The summed E-state index contributed by atoms with van der Waals surface area (Å²) in [5.74, 6) is 3.81. The second-order valence-corrected chi connectivity index (χ2v) is 16.8. The Morgan fingerprint density at radius 1 is 0.643 bits per heavy atom. The largest absolute Gasteiger partial charge is 0.371 e. The minimum absolute atomic E-state index is 0.00951.